The Hall–Kier alpha value is -2.37. The molecule has 0 radical (unpaired) electrons. The highest BCUT2D eigenvalue weighted by Gasteiger charge is 2.31. The zero-order valence-corrected chi connectivity index (χ0v) is 12.2. The number of H-pyrrole nitrogens is 1. The van der Waals surface area contributed by atoms with Gasteiger partial charge in [-0.2, -0.15) is 5.10 Å². The van der Waals surface area contributed by atoms with Gasteiger partial charge in [-0.05, 0) is 18.9 Å². The average Bonchev–Trinajstić information content (AvgIpc) is 2.80. The standard InChI is InChI=1S/C16H19N3O3/c20-15(14-10-6-4-5-9-13(10)18-19-14)17-12-8-3-1-2-7-11(12)16(21)22/h4-6,9,11-12H,1-3,7-8H2,(H,17,20)(H,18,19)(H,21,22)/t11-,12+/m1/s1. The Kier molecular flexibility index (Phi) is 4.09. The first-order chi connectivity index (χ1) is 10.7. The molecule has 1 fully saturated rings. The van der Waals surface area contributed by atoms with Gasteiger partial charge in [0.05, 0.1) is 11.4 Å². The molecule has 6 heteroatoms. The van der Waals surface area contributed by atoms with Crippen molar-refractivity contribution in [3.05, 3.63) is 30.0 Å². The number of nitrogens with one attached hydrogen (secondary N) is 2. The molecule has 0 aliphatic heterocycles. The van der Waals surface area contributed by atoms with Crippen LogP contribution in [0.3, 0.4) is 0 Å². The van der Waals surface area contributed by atoms with Gasteiger partial charge in [-0.15, -0.1) is 0 Å². The summed E-state index contributed by atoms with van der Waals surface area (Å²) in [4.78, 5) is 23.9. The van der Waals surface area contributed by atoms with Crippen LogP contribution in [0.1, 0.15) is 42.6 Å². The fourth-order valence-corrected chi connectivity index (χ4v) is 3.15. The molecule has 1 aliphatic carbocycles. The van der Waals surface area contributed by atoms with E-state index in [4.69, 9.17) is 0 Å². The van der Waals surface area contributed by atoms with E-state index in [2.05, 4.69) is 15.5 Å². The van der Waals surface area contributed by atoms with E-state index < -0.39 is 11.9 Å². The van der Waals surface area contributed by atoms with Crippen LogP contribution in [0.25, 0.3) is 10.9 Å². The second-order valence-electron chi connectivity index (χ2n) is 5.78. The average molecular weight is 301 g/mol. The summed E-state index contributed by atoms with van der Waals surface area (Å²) in [6.45, 7) is 0. The minimum atomic E-state index is -0.834. The third kappa shape index (κ3) is 2.81. The zero-order chi connectivity index (χ0) is 15.5. The number of benzene rings is 1. The first-order valence-corrected chi connectivity index (χ1v) is 7.63. The largest absolute Gasteiger partial charge is 0.481 e. The van der Waals surface area contributed by atoms with Gasteiger partial charge in [-0.3, -0.25) is 14.7 Å². The molecule has 3 rings (SSSR count). The second kappa shape index (κ2) is 6.17. The molecule has 116 valence electrons. The van der Waals surface area contributed by atoms with E-state index in [0.29, 0.717) is 18.5 Å². The number of hydrogen-bond donors (Lipinski definition) is 3. The van der Waals surface area contributed by atoms with E-state index in [-0.39, 0.29) is 11.9 Å². The van der Waals surface area contributed by atoms with Crippen LogP contribution in [0, 0.1) is 5.92 Å². The normalized spacial score (nSPS) is 22.2. The number of aromatic nitrogens is 2. The molecule has 1 heterocycles. The van der Waals surface area contributed by atoms with Crippen LogP contribution in [-0.2, 0) is 4.79 Å². The summed E-state index contributed by atoms with van der Waals surface area (Å²) < 4.78 is 0. The number of para-hydroxylation sites is 1. The monoisotopic (exact) mass is 301 g/mol. The third-order valence-electron chi connectivity index (χ3n) is 4.34. The van der Waals surface area contributed by atoms with Gasteiger partial charge >= 0.3 is 5.97 Å². The summed E-state index contributed by atoms with van der Waals surface area (Å²) in [7, 11) is 0. The molecule has 0 bridgehead atoms. The minimum absolute atomic E-state index is 0.310. The zero-order valence-electron chi connectivity index (χ0n) is 12.2. The van der Waals surface area contributed by atoms with E-state index in [1.807, 2.05) is 24.3 Å². The molecule has 0 unspecified atom stereocenters. The van der Waals surface area contributed by atoms with Crippen molar-refractivity contribution in [2.45, 2.75) is 38.1 Å². The first-order valence-electron chi connectivity index (χ1n) is 7.63. The van der Waals surface area contributed by atoms with Crippen molar-refractivity contribution in [3.8, 4) is 0 Å². The van der Waals surface area contributed by atoms with Crippen LogP contribution in [-0.4, -0.2) is 33.2 Å². The summed E-state index contributed by atoms with van der Waals surface area (Å²) in [6.07, 6.45) is 4.17. The molecule has 6 nitrogen and oxygen atoms in total. The highest BCUT2D eigenvalue weighted by atomic mass is 16.4. The Labute approximate surface area is 127 Å². The van der Waals surface area contributed by atoms with Crippen LogP contribution >= 0.6 is 0 Å². The van der Waals surface area contributed by atoms with Gasteiger partial charge in [-0.1, -0.05) is 37.5 Å². The van der Waals surface area contributed by atoms with Crippen LogP contribution in [0.2, 0.25) is 0 Å². The number of carbonyl (C=O) groups is 2. The smallest absolute Gasteiger partial charge is 0.308 e. The summed E-state index contributed by atoms with van der Waals surface area (Å²) in [5.74, 6) is -1.66. The van der Waals surface area contributed by atoms with E-state index in [0.717, 1.165) is 30.2 Å². The summed E-state index contributed by atoms with van der Waals surface area (Å²) >= 11 is 0. The summed E-state index contributed by atoms with van der Waals surface area (Å²) in [5.41, 5.74) is 1.12. The molecule has 1 saturated carbocycles. The Balaban J connectivity index is 1.81. The van der Waals surface area contributed by atoms with Crippen molar-refractivity contribution in [2.24, 2.45) is 5.92 Å². The number of amides is 1. The molecule has 0 spiro atoms. The first kappa shape index (κ1) is 14.6. The van der Waals surface area contributed by atoms with E-state index in [1.54, 1.807) is 0 Å². The second-order valence-corrected chi connectivity index (χ2v) is 5.78. The lowest BCUT2D eigenvalue weighted by molar-refractivity contribution is -0.142. The Morgan fingerprint density at radius 1 is 1.18 bits per heavy atom. The number of rotatable bonds is 3. The van der Waals surface area contributed by atoms with E-state index >= 15 is 0 Å². The van der Waals surface area contributed by atoms with Gasteiger partial charge in [0.1, 0.15) is 0 Å². The summed E-state index contributed by atoms with van der Waals surface area (Å²) in [5, 5.41) is 19.9. The predicted octanol–water partition coefficient (Wildman–Crippen LogP) is 2.33. The molecule has 1 aliphatic rings. The molecular weight excluding hydrogens is 282 g/mol. The van der Waals surface area contributed by atoms with Crippen molar-refractivity contribution >= 4 is 22.8 Å². The number of hydrogen-bond acceptors (Lipinski definition) is 3. The fourth-order valence-electron chi connectivity index (χ4n) is 3.15. The fraction of sp³-hybridized carbons (Fsp3) is 0.438. The van der Waals surface area contributed by atoms with Crippen molar-refractivity contribution in [2.75, 3.05) is 0 Å². The maximum atomic E-state index is 12.5. The van der Waals surface area contributed by atoms with Gasteiger partial charge in [0, 0.05) is 11.4 Å². The van der Waals surface area contributed by atoms with Crippen LogP contribution in [0.5, 0.6) is 0 Å². The van der Waals surface area contributed by atoms with Gasteiger partial charge in [-0.25, -0.2) is 0 Å². The molecule has 3 N–H and O–H groups in total. The SMILES string of the molecule is O=C(N[C@H]1CCCCC[C@H]1C(=O)O)c1n[nH]c2ccccc12. The van der Waals surface area contributed by atoms with Crippen molar-refractivity contribution in [3.63, 3.8) is 0 Å². The number of carboxylic acid groups (broad SMARTS) is 1. The molecule has 0 saturated heterocycles. The van der Waals surface area contributed by atoms with Crippen LogP contribution in [0.15, 0.2) is 24.3 Å². The topological polar surface area (TPSA) is 95.1 Å². The molecule has 22 heavy (non-hydrogen) atoms. The van der Waals surface area contributed by atoms with Gasteiger partial charge < -0.3 is 10.4 Å². The Morgan fingerprint density at radius 3 is 2.77 bits per heavy atom. The third-order valence-corrected chi connectivity index (χ3v) is 4.34. The van der Waals surface area contributed by atoms with Gasteiger partial charge in [0.15, 0.2) is 5.69 Å². The Bertz CT molecular complexity index is 695. The number of carboxylic acids is 1. The minimum Gasteiger partial charge on any atom is -0.481 e. The molecule has 1 amide bonds. The lowest BCUT2D eigenvalue weighted by Gasteiger charge is -2.22. The summed E-state index contributed by atoms with van der Waals surface area (Å²) in [6, 6.07) is 7.07. The lowest BCUT2D eigenvalue weighted by atomic mass is 9.94. The van der Waals surface area contributed by atoms with Crippen molar-refractivity contribution in [1.82, 2.24) is 15.5 Å². The van der Waals surface area contributed by atoms with Gasteiger partial charge in [0.25, 0.3) is 5.91 Å². The molecule has 2 aromatic rings. The van der Waals surface area contributed by atoms with Gasteiger partial charge in [0.2, 0.25) is 0 Å². The maximum absolute atomic E-state index is 12.5. The molecular formula is C16H19N3O3. The number of fused-ring (bicyclic) bond motifs is 1. The predicted molar refractivity (Wildman–Crippen MR) is 81.6 cm³/mol. The molecule has 1 aromatic heterocycles. The highest BCUT2D eigenvalue weighted by molar-refractivity contribution is 6.04. The number of aromatic amines is 1. The van der Waals surface area contributed by atoms with E-state index in [9.17, 15) is 14.7 Å². The lowest BCUT2D eigenvalue weighted by Crippen LogP contribution is -2.43. The highest BCUT2D eigenvalue weighted by Crippen LogP contribution is 2.24. The molecule has 1 aromatic carbocycles. The van der Waals surface area contributed by atoms with E-state index in [1.165, 1.54) is 0 Å². The number of nitrogens with zero attached hydrogens (tertiary/aromatic N) is 1. The maximum Gasteiger partial charge on any atom is 0.308 e. The van der Waals surface area contributed by atoms with Crippen LogP contribution in [0.4, 0.5) is 0 Å². The number of aliphatic carboxylic acids is 1. The molecule has 2 atom stereocenters. The van der Waals surface area contributed by atoms with Crippen molar-refractivity contribution < 1.29 is 14.7 Å². The number of carbonyl (C=O) groups excluding carboxylic acids is 1. The van der Waals surface area contributed by atoms with Crippen LogP contribution < -0.4 is 5.32 Å². The Morgan fingerprint density at radius 2 is 1.95 bits per heavy atom. The quantitative estimate of drug-likeness (QED) is 0.758. The van der Waals surface area contributed by atoms with Crippen molar-refractivity contribution in [1.29, 1.82) is 0 Å².